The first-order valence-corrected chi connectivity index (χ1v) is 20.8. The van der Waals surface area contributed by atoms with Gasteiger partial charge in [-0.25, -0.2) is 14.4 Å². The summed E-state index contributed by atoms with van der Waals surface area (Å²) in [6, 6.07) is 6.86. The number of aliphatic hydroxyl groups is 1. The van der Waals surface area contributed by atoms with Gasteiger partial charge in [0.05, 0.1) is 29.9 Å². The van der Waals surface area contributed by atoms with Gasteiger partial charge in [0.1, 0.15) is 5.60 Å². The quantitative estimate of drug-likeness (QED) is 0.110. The standard InChI is InChI=1S/C45H64O7/c1-7-12-44(5,49)22-33-18-31-20-37(33)39-16-28(14-35(31)39)25-51-42(47)29-10-9-11-30(17-29)43(48)52-45(6,8-2)23-34-19-32-21-38(34)40-15-27(13-36(32)40)24-50-41(46)26(3)4/h9-11,17,27-28,31-40,49H,3,7-8,12-16,18-25H2,1-2,4-6H3/t27?,28?,31?,32?,33?,34?,35?,36-,37?,38?,39?,40?,44?,45?/m1/s1. The van der Waals surface area contributed by atoms with E-state index in [4.69, 9.17) is 14.2 Å². The van der Waals surface area contributed by atoms with Gasteiger partial charge in [0.2, 0.25) is 0 Å². The highest BCUT2D eigenvalue weighted by molar-refractivity contribution is 5.95. The predicted molar refractivity (Wildman–Crippen MR) is 200 cm³/mol. The molecule has 6 aliphatic rings. The summed E-state index contributed by atoms with van der Waals surface area (Å²) in [4.78, 5) is 38.8. The Labute approximate surface area is 312 Å². The molecular formula is C45H64O7. The lowest BCUT2D eigenvalue weighted by Gasteiger charge is -2.37. The number of esters is 3. The second-order valence-electron chi connectivity index (χ2n) is 19.0. The lowest BCUT2D eigenvalue weighted by atomic mass is 9.72. The minimum atomic E-state index is -0.585. The van der Waals surface area contributed by atoms with Gasteiger partial charge in [0.25, 0.3) is 0 Å². The maximum Gasteiger partial charge on any atom is 0.338 e. The van der Waals surface area contributed by atoms with Crippen LogP contribution in [0.2, 0.25) is 0 Å². The van der Waals surface area contributed by atoms with Gasteiger partial charge in [-0.15, -0.1) is 0 Å². The number of carbonyl (C=O) groups is 3. The topological polar surface area (TPSA) is 99.1 Å². The summed E-state index contributed by atoms with van der Waals surface area (Å²) in [5.74, 6) is 6.55. The van der Waals surface area contributed by atoms with Crippen molar-refractivity contribution in [2.24, 2.45) is 71.0 Å². The second-order valence-corrected chi connectivity index (χ2v) is 19.0. The molecule has 0 aliphatic heterocycles. The Hall–Kier alpha value is -2.67. The summed E-state index contributed by atoms with van der Waals surface area (Å²) in [5, 5.41) is 10.9. The second kappa shape index (κ2) is 14.9. The molecule has 6 fully saturated rings. The van der Waals surface area contributed by atoms with E-state index in [-0.39, 0.29) is 17.9 Å². The van der Waals surface area contributed by atoms with Crippen LogP contribution in [0.5, 0.6) is 0 Å². The molecule has 0 radical (unpaired) electrons. The van der Waals surface area contributed by atoms with E-state index in [2.05, 4.69) is 27.4 Å². The molecule has 4 bridgehead atoms. The largest absolute Gasteiger partial charge is 0.462 e. The van der Waals surface area contributed by atoms with E-state index in [1.807, 2.05) is 6.92 Å². The van der Waals surface area contributed by atoms with E-state index < -0.39 is 11.2 Å². The molecule has 7 rings (SSSR count). The summed E-state index contributed by atoms with van der Waals surface area (Å²) in [6.07, 6.45) is 13.9. The van der Waals surface area contributed by atoms with Crippen LogP contribution in [0.4, 0.5) is 0 Å². The van der Waals surface area contributed by atoms with Crippen LogP contribution in [0.15, 0.2) is 36.4 Å². The minimum Gasteiger partial charge on any atom is -0.462 e. The highest BCUT2D eigenvalue weighted by atomic mass is 16.6. The number of rotatable bonds is 15. The molecular weight excluding hydrogens is 652 g/mol. The molecule has 1 aromatic carbocycles. The Balaban J connectivity index is 0.890. The number of hydrogen-bond donors (Lipinski definition) is 1. The van der Waals surface area contributed by atoms with Crippen LogP contribution in [-0.4, -0.2) is 47.4 Å². The van der Waals surface area contributed by atoms with E-state index in [9.17, 15) is 19.5 Å². The fraction of sp³-hybridized carbons (Fsp3) is 0.756. The highest BCUT2D eigenvalue weighted by Crippen LogP contribution is 2.64. The van der Waals surface area contributed by atoms with Crippen LogP contribution in [-0.2, 0) is 19.0 Å². The molecule has 0 heterocycles. The molecule has 0 spiro atoms. The first kappa shape index (κ1) is 37.6. The zero-order valence-electron chi connectivity index (χ0n) is 32.4. The Bertz CT molecular complexity index is 1510. The predicted octanol–water partition coefficient (Wildman–Crippen LogP) is 9.22. The monoisotopic (exact) mass is 716 g/mol. The molecule has 7 nitrogen and oxygen atoms in total. The number of ether oxygens (including phenoxy) is 3. The number of carbonyl (C=O) groups excluding carboxylic acids is 3. The Morgan fingerprint density at radius 1 is 0.750 bits per heavy atom. The normalized spacial score (nSPS) is 37.6. The molecule has 286 valence electrons. The fourth-order valence-electron chi connectivity index (χ4n) is 13.1. The summed E-state index contributed by atoms with van der Waals surface area (Å²) in [7, 11) is 0. The van der Waals surface area contributed by atoms with Crippen LogP contribution in [0.3, 0.4) is 0 Å². The van der Waals surface area contributed by atoms with Crippen molar-refractivity contribution in [3.05, 3.63) is 47.5 Å². The molecule has 52 heavy (non-hydrogen) atoms. The van der Waals surface area contributed by atoms with Crippen LogP contribution < -0.4 is 0 Å². The van der Waals surface area contributed by atoms with E-state index in [1.165, 1.54) is 25.7 Å². The molecule has 6 aliphatic carbocycles. The molecule has 1 N–H and O–H groups in total. The Morgan fingerprint density at radius 3 is 1.85 bits per heavy atom. The highest BCUT2D eigenvalue weighted by Gasteiger charge is 2.58. The maximum atomic E-state index is 13.6. The zero-order chi connectivity index (χ0) is 36.9. The third-order valence-electron chi connectivity index (χ3n) is 15.3. The third kappa shape index (κ3) is 7.64. The smallest absolute Gasteiger partial charge is 0.338 e. The van der Waals surface area contributed by atoms with Crippen molar-refractivity contribution in [2.45, 2.75) is 129 Å². The number of hydrogen-bond acceptors (Lipinski definition) is 7. The van der Waals surface area contributed by atoms with Crippen LogP contribution in [0, 0.1) is 71.0 Å². The van der Waals surface area contributed by atoms with Gasteiger partial charge < -0.3 is 19.3 Å². The lowest BCUT2D eigenvalue weighted by molar-refractivity contribution is -0.140. The number of benzene rings is 1. The van der Waals surface area contributed by atoms with E-state index in [1.54, 1.807) is 31.2 Å². The SMILES string of the molecule is C=C(C)C(=O)OCC1CC2C3CC(CC3CC(C)(CC)OC(=O)c3cccc(C(=O)OCC4CC5C6CC(CC(C)(O)CCC)C(C6)C5C4)c3)[C@H]2C1. The summed E-state index contributed by atoms with van der Waals surface area (Å²) in [5.41, 5.74) is 0.0946. The molecule has 7 heteroatoms. The fourth-order valence-corrected chi connectivity index (χ4v) is 13.1. The van der Waals surface area contributed by atoms with Gasteiger partial charge in [-0.3, -0.25) is 0 Å². The van der Waals surface area contributed by atoms with E-state index in [0.29, 0.717) is 83.2 Å². The molecule has 0 aromatic heterocycles. The first-order valence-electron chi connectivity index (χ1n) is 20.8. The molecule has 0 amide bonds. The maximum absolute atomic E-state index is 13.6. The van der Waals surface area contributed by atoms with E-state index in [0.717, 1.165) is 75.5 Å². The van der Waals surface area contributed by atoms with Gasteiger partial charge in [0, 0.05) is 5.57 Å². The Morgan fingerprint density at radius 2 is 1.29 bits per heavy atom. The average Bonchev–Trinajstić information content (AvgIpc) is 3.94. The van der Waals surface area contributed by atoms with Crippen molar-refractivity contribution in [3.8, 4) is 0 Å². The molecule has 1 aromatic rings. The Kier molecular flexibility index (Phi) is 10.8. The summed E-state index contributed by atoms with van der Waals surface area (Å²) < 4.78 is 17.7. The zero-order valence-corrected chi connectivity index (χ0v) is 32.4. The van der Waals surface area contributed by atoms with Gasteiger partial charge in [0.15, 0.2) is 0 Å². The lowest BCUT2D eigenvalue weighted by Crippen LogP contribution is -2.36. The molecule has 14 atom stereocenters. The van der Waals surface area contributed by atoms with Gasteiger partial charge in [-0.2, -0.15) is 0 Å². The van der Waals surface area contributed by atoms with Crippen LogP contribution in [0.1, 0.15) is 139 Å². The van der Waals surface area contributed by atoms with Gasteiger partial charge in [-0.05, 0) is 187 Å². The van der Waals surface area contributed by atoms with Crippen molar-refractivity contribution < 1.29 is 33.7 Å². The van der Waals surface area contributed by atoms with Crippen molar-refractivity contribution in [2.75, 3.05) is 13.2 Å². The molecule has 13 unspecified atom stereocenters. The van der Waals surface area contributed by atoms with Crippen LogP contribution in [0.25, 0.3) is 0 Å². The van der Waals surface area contributed by atoms with Crippen molar-refractivity contribution >= 4 is 17.9 Å². The summed E-state index contributed by atoms with van der Waals surface area (Å²) in [6.45, 7) is 14.7. The van der Waals surface area contributed by atoms with Crippen LogP contribution >= 0.6 is 0 Å². The van der Waals surface area contributed by atoms with Crippen molar-refractivity contribution in [3.63, 3.8) is 0 Å². The summed E-state index contributed by atoms with van der Waals surface area (Å²) >= 11 is 0. The molecule has 0 saturated heterocycles. The molecule has 6 saturated carbocycles. The van der Waals surface area contributed by atoms with Gasteiger partial charge in [-0.1, -0.05) is 32.9 Å². The minimum absolute atomic E-state index is 0.290. The number of fused-ring (bicyclic) bond motifs is 10. The van der Waals surface area contributed by atoms with Crippen molar-refractivity contribution in [1.82, 2.24) is 0 Å². The van der Waals surface area contributed by atoms with Gasteiger partial charge >= 0.3 is 17.9 Å². The third-order valence-corrected chi connectivity index (χ3v) is 15.3. The van der Waals surface area contributed by atoms with E-state index >= 15 is 0 Å². The van der Waals surface area contributed by atoms with Crippen molar-refractivity contribution in [1.29, 1.82) is 0 Å². The first-order chi connectivity index (χ1) is 24.8. The average molecular weight is 717 g/mol.